The van der Waals surface area contributed by atoms with Crippen LogP contribution in [0.25, 0.3) is 5.57 Å². The number of hydrogen-bond acceptors (Lipinski definition) is 1. The molecular weight excluding hydrogens is 310 g/mol. The van der Waals surface area contributed by atoms with E-state index in [9.17, 15) is 4.79 Å². The third kappa shape index (κ3) is 3.33. The molecule has 1 amide bonds. The summed E-state index contributed by atoms with van der Waals surface area (Å²) in [5, 5.41) is 0. The molecule has 4 N–H and O–H groups in total. The molecular formula is C21H23N3O. The number of fused-ring (bicyclic) bond motifs is 1. The van der Waals surface area contributed by atoms with Crippen LogP contribution in [-0.4, -0.2) is 11.9 Å². The summed E-state index contributed by atoms with van der Waals surface area (Å²) in [6.07, 6.45) is 2.00. The normalized spacial score (nSPS) is 13.4. The van der Waals surface area contributed by atoms with Crippen molar-refractivity contribution in [1.29, 1.82) is 0 Å². The molecule has 4 heteroatoms. The first kappa shape index (κ1) is 17.0. The topological polar surface area (TPSA) is 81.5 Å². The molecule has 1 aliphatic carbocycles. The third-order valence-corrected chi connectivity index (χ3v) is 4.70. The minimum atomic E-state index is -0.411. The van der Waals surface area contributed by atoms with Crippen molar-refractivity contribution < 1.29 is 4.79 Å². The van der Waals surface area contributed by atoms with E-state index in [1.54, 1.807) is 6.07 Å². The molecule has 1 aliphatic rings. The van der Waals surface area contributed by atoms with Crippen molar-refractivity contribution in [2.45, 2.75) is 33.6 Å². The van der Waals surface area contributed by atoms with Crippen LogP contribution in [0.5, 0.6) is 0 Å². The summed E-state index contributed by atoms with van der Waals surface area (Å²) < 4.78 is 0. The van der Waals surface area contributed by atoms with E-state index in [1.807, 2.05) is 12.1 Å². The first-order chi connectivity index (χ1) is 11.9. The molecule has 0 saturated carbocycles. The smallest absolute Gasteiger partial charge is 0.280 e. The fourth-order valence-electron chi connectivity index (χ4n) is 3.49. The number of allylic oxidation sites excluding steroid dienone is 1. The van der Waals surface area contributed by atoms with Crippen LogP contribution < -0.4 is 11.5 Å². The average Bonchev–Trinajstić information content (AvgIpc) is 2.54. The fourth-order valence-corrected chi connectivity index (χ4v) is 3.49. The van der Waals surface area contributed by atoms with Gasteiger partial charge < -0.3 is 11.5 Å². The molecule has 0 atom stereocenters. The molecule has 3 rings (SSSR count). The monoisotopic (exact) mass is 333 g/mol. The standard InChI is InChI=1S/C21H23N3O/c1-12-4-9-17(14(3)10-12)19-13(2)5-6-15-7-8-16(11-18(15)19)20(25)24-21(22)23/h4,7-11H,5-6H2,1-3H3,(H4,22,23,24,25). The number of rotatable bonds is 2. The molecule has 0 aliphatic heterocycles. The molecule has 128 valence electrons. The molecule has 0 unspecified atom stereocenters. The Morgan fingerprint density at radius 1 is 0.960 bits per heavy atom. The number of benzene rings is 2. The van der Waals surface area contributed by atoms with Gasteiger partial charge >= 0.3 is 0 Å². The number of hydrogen-bond donors (Lipinski definition) is 2. The van der Waals surface area contributed by atoms with Gasteiger partial charge in [0.15, 0.2) is 5.96 Å². The molecule has 0 radical (unpaired) electrons. The Labute approximate surface area is 148 Å². The molecule has 0 aromatic heterocycles. The quantitative estimate of drug-likeness (QED) is 0.652. The van der Waals surface area contributed by atoms with Crippen molar-refractivity contribution in [1.82, 2.24) is 0 Å². The number of aryl methyl sites for hydroxylation is 3. The van der Waals surface area contributed by atoms with Crippen LogP contribution in [0.1, 0.15) is 51.5 Å². The second kappa shape index (κ2) is 6.55. The third-order valence-electron chi connectivity index (χ3n) is 4.70. The van der Waals surface area contributed by atoms with Gasteiger partial charge in [-0.2, -0.15) is 4.99 Å². The van der Waals surface area contributed by atoms with Crippen molar-refractivity contribution in [3.05, 3.63) is 75.4 Å². The predicted octanol–water partition coefficient (Wildman–Crippen LogP) is 3.49. The van der Waals surface area contributed by atoms with Gasteiger partial charge in [0.2, 0.25) is 0 Å². The molecule has 25 heavy (non-hydrogen) atoms. The van der Waals surface area contributed by atoms with Crippen molar-refractivity contribution in [2.24, 2.45) is 16.5 Å². The molecule has 4 nitrogen and oxygen atoms in total. The van der Waals surface area contributed by atoms with E-state index in [4.69, 9.17) is 11.5 Å². The Morgan fingerprint density at radius 2 is 1.72 bits per heavy atom. The van der Waals surface area contributed by atoms with E-state index >= 15 is 0 Å². The van der Waals surface area contributed by atoms with Gasteiger partial charge in [0.05, 0.1) is 0 Å². The number of nitrogens with zero attached hydrogens (tertiary/aromatic N) is 1. The Kier molecular flexibility index (Phi) is 4.45. The molecule has 0 fully saturated rings. The molecule has 2 aromatic rings. The highest BCUT2D eigenvalue weighted by atomic mass is 16.1. The molecule has 0 saturated heterocycles. The van der Waals surface area contributed by atoms with E-state index in [0.29, 0.717) is 5.56 Å². The van der Waals surface area contributed by atoms with Crippen LogP contribution in [0.15, 0.2) is 47.0 Å². The lowest BCUT2D eigenvalue weighted by molar-refractivity contribution is 0.100. The van der Waals surface area contributed by atoms with Gasteiger partial charge in [-0.3, -0.25) is 4.79 Å². The molecule has 0 bridgehead atoms. The van der Waals surface area contributed by atoms with Gasteiger partial charge in [-0.1, -0.05) is 35.4 Å². The van der Waals surface area contributed by atoms with Gasteiger partial charge in [-0.15, -0.1) is 0 Å². The SMILES string of the molecule is CC1=C(c2ccc(C)cc2C)c2cc(C(=O)N=C(N)N)ccc2CC1. The maximum Gasteiger partial charge on any atom is 0.280 e. The van der Waals surface area contributed by atoms with Crippen LogP contribution in [0.4, 0.5) is 0 Å². The molecule has 0 spiro atoms. The molecule has 2 aromatic carbocycles. The summed E-state index contributed by atoms with van der Waals surface area (Å²) in [5.41, 5.74) is 19.8. The van der Waals surface area contributed by atoms with Gasteiger partial charge in [0, 0.05) is 5.56 Å². The van der Waals surface area contributed by atoms with Crippen molar-refractivity contribution in [3.8, 4) is 0 Å². The van der Waals surface area contributed by atoms with Gasteiger partial charge in [0.25, 0.3) is 5.91 Å². The minimum absolute atomic E-state index is 0.218. The van der Waals surface area contributed by atoms with Crippen molar-refractivity contribution >= 4 is 17.4 Å². The summed E-state index contributed by atoms with van der Waals surface area (Å²) >= 11 is 0. The van der Waals surface area contributed by atoms with Gasteiger partial charge in [-0.05, 0) is 73.6 Å². The Bertz CT molecular complexity index is 919. The zero-order valence-electron chi connectivity index (χ0n) is 14.9. The Morgan fingerprint density at radius 3 is 2.40 bits per heavy atom. The average molecular weight is 333 g/mol. The van der Waals surface area contributed by atoms with Crippen LogP contribution in [-0.2, 0) is 6.42 Å². The highest BCUT2D eigenvalue weighted by molar-refractivity contribution is 6.03. The maximum absolute atomic E-state index is 12.2. The number of nitrogens with two attached hydrogens (primary N) is 2. The largest absolute Gasteiger partial charge is 0.370 e. The van der Waals surface area contributed by atoms with E-state index in [2.05, 4.69) is 44.0 Å². The van der Waals surface area contributed by atoms with Gasteiger partial charge in [0.1, 0.15) is 0 Å². The summed E-state index contributed by atoms with van der Waals surface area (Å²) in [6.45, 7) is 6.40. The van der Waals surface area contributed by atoms with Crippen LogP contribution in [0.3, 0.4) is 0 Å². The number of aliphatic imine (C=N–C) groups is 1. The van der Waals surface area contributed by atoms with E-state index in [-0.39, 0.29) is 5.96 Å². The summed E-state index contributed by atoms with van der Waals surface area (Å²) in [5.74, 6) is -0.630. The van der Waals surface area contributed by atoms with E-state index in [1.165, 1.54) is 33.4 Å². The fraction of sp³-hybridized carbons (Fsp3) is 0.238. The van der Waals surface area contributed by atoms with Crippen molar-refractivity contribution in [2.75, 3.05) is 0 Å². The maximum atomic E-state index is 12.2. The second-order valence-electron chi connectivity index (χ2n) is 6.69. The highest BCUT2D eigenvalue weighted by Gasteiger charge is 2.21. The Balaban J connectivity index is 2.16. The first-order valence-electron chi connectivity index (χ1n) is 8.41. The van der Waals surface area contributed by atoms with Crippen LogP contribution in [0.2, 0.25) is 0 Å². The summed E-state index contributed by atoms with van der Waals surface area (Å²) in [4.78, 5) is 15.9. The minimum Gasteiger partial charge on any atom is -0.370 e. The lowest BCUT2D eigenvalue weighted by Gasteiger charge is -2.24. The second-order valence-corrected chi connectivity index (χ2v) is 6.69. The van der Waals surface area contributed by atoms with E-state index < -0.39 is 5.91 Å². The summed E-state index contributed by atoms with van der Waals surface area (Å²) in [6, 6.07) is 12.2. The van der Waals surface area contributed by atoms with Crippen LogP contribution >= 0.6 is 0 Å². The van der Waals surface area contributed by atoms with Crippen LogP contribution in [0, 0.1) is 13.8 Å². The number of guanidine groups is 1. The lowest BCUT2D eigenvalue weighted by Crippen LogP contribution is -2.24. The number of carbonyl (C=O) groups is 1. The zero-order chi connectivity index (χ0) is 18.1. The lowest BCUT2D eigenvalue weighted by atomic mass is 9.80. The first-order valence-corrected chi connectivity index (χ1v) is 8.41. The van der Waals surface area contributed by atoms with Crippen molar-refractivity contribution in [3.63, 3.8) is 0 Å². The zero-order valence-corrected chi connectivity index (χ0v) is 14.9. The summed E-state index contributed by atoms with van der Waals surface area (Å²) in [7, 11) is 0. The molecule has 0 heterocycles. The predicted molar refractivity (Wildman–Crippen MR) is 103 cm³/mol. The number of carbonyl (C=O) groups excluding carboxylic acids is 1. The van der Waals surface area contributed by atoms with Gasteiger partial charge in [-0.25, -0.2) is 0 Å². The Hall–Kier alpha value is -2.88. The van der Waals surface area contributed by atoms with E-state index in [0.717, 1.165) is 18.4 Å². The highest BCUT2D eigenvalue weighted by Crippen LogP contribution is 2.38. The number of amides is 1.